The van der Waals surface area contributed by atoms with E-state index in [2.05, 4.69) is 10.3 Å². The second-order valence-electron chi connectivity index (χ2n) is 3.99. The molecular formula is C11H14N4O2. The number of aromatic nitrogens is 3. The first-order valence-electron chi connectivity index (χ1n) is 5.22. The Morgan fingerprint density at radius 1 is 1.59 bits per heavy atom. The van der Waals surface area contributed by atoms with Crippen molar-refractivity contribution in [3.8, 4) is 0 Å². The van der Waals surface area contributed by atoms with Crippen LogP contribution >= 0.6 is 0 Å². The molecule has 0 aromatic carbocycles. The number of hydrogen-bond donors (Lipinski definition) is 0. The van der Waals surface area contributed by atoms with E-state index in [1.54, 1.807) is 36.1 Å². The van der Waals surface area contributed by atoms with Crippen molar-refractivity contribution >= 4 is 5.91 Å². The molecule has 6 nitrogen and oxygen atoms in total. The first kappa shape index (κ1) is 11.4. The molecule has 0 aliphatic carbocycles. The van der Waals surface area contributed by atoms with Crippen LogP contribution in [0.2, 0.25) is 0 Å². The Hall–Kier alpha value is -2.11. The van der Waals surface area contributed by atoms with Gasteiger partial charge in [-0.2, -0.15) is 5.10 Å². The third-order valence-electron chi connectivity index (χ3n) is 2.37. The highest BCUT2D eigenvalue weighted by molar-refractivity contribution is 5.93. The largest absolute Gasteiger partial charge is 0.361 e. The summed E-state index contributed by atoms with van der Waals surface area (Å²) in [6.07, 6.45) is 3.24. The summed E-state index contributed by atoms with van der Waals surface area (Å²) in [5, 5.41) is 7.81. The summed E-state index contributed by atoms with van der Waals surface area (Å²) >= 11 is 0. The van der Waals surface area contributed by atoms with Crippen molar-refractivity contribution in [2.75, 3.05) is 7.05 Å². The highest BCUT2D eigenvalue weighted by Gasteiger charge is 2.15. The Labute approximate surface area is 98.8 Å². The van der Waals surface area contributed by atoms with E-state index in [-0.39, 0.29) is 5.91 Å². The molecule has 0 aliphatic heterocycles. The number of nitrogens with zero attached hydrogens (tertiary/aromatic N) is 4. The molecular weight excluding hydrogens is 220 g/mol. The van der Waals surface area contributed by atoms with Gasteiger partial charge in [0.05, 0.1) is 18.3 Å². The summed E-state index contributed by atoms with van der Waals surface area (Å²) in [6.45, 7) is 2.24. The van der Waals surface area contributed by atoms with Crippen LogP contribution in [0.15, 0.2) is 23.0 Å². The van der Waals surface area contributed by atoms with E-state index in [1.807, 2.05) is 13.0 Å². The fourth-order valence-electron chi connectivity index (χ4n) is 1.56. The minimum Gasteiger partial charge on any atom is -0.361 e. The highest BCUT2D eigenvalue weighted by Crippen LogP contribution is 2.08. The van der Waals surface area contributed by atoms with Gasteiger partial charge >= 0.3 is 0 Å². The van der Waals surface area contributed by atoms with Crippen molar-refractivity contribution in [3.05, 3.63) is 35.5 Å². The molecule has 2 aromatic heterocycles. The zero-order valence-electron chi connectivity index (χ0n) is 10.0. The molecule has 90 valence electrons. The molecule has 0 saturated heterocycles. The summed E-state index contributed by atoms with van der Waals surface area (Å²) in [5.74, 6) is 0.654. The molecule has 0 saturated carbocycles. The van der Waals surface area contributed by atoms with Crippen molar-refractivity contribution in [1.29, 1.82) is 0 Å². The molecule has 1 amide bonds. The third-order valence-corrected chi connectivity index (χ3v) is 2.37. The van der Waals surface area contributed by atoms with Crippen molar-refractivity contribution in [2.45, 2.75) is 13.5 Å². The lowest BCUT2D eigenvalue weighted by Gasteiger charge is -2.13. The number of hydrogen-bond acceptors (Lipinski definition) is 4. The van der Waals surface area contributed by atoms with Crippen molar-refractivity contribution < 1.29 is 9.32 Å². The molecule has 17 heavy (non-hydrogen) atoms. The van der Waals surface area contributed by atoms with Gasteiger partial charge in [-0.3, -0.25) is 9.48 Å². The Morgan fingerprint density at radius 2 is 2.35 bits per heavy atom. The number of carbonyl (C=O) groups is 1. The van der Waals surface area contributed by atoms with E-state index in [0.29, 0.717) is 12.1 Å². The second kappa shape index (κ2) is 4.40. The molecule has 0 aliphatic rings. The predicted molar refractivity (Wildman–Crippen MR) is 60.2 cm³/mol. The number of amides is 1. The fraction of sp³-hybridized carbons (Fsp3) is 0.364. The molecule has 2 rings (SSSR count). The van der Waals surface area contributed by atoms with E-state index in [0.717, 1.165) is 11.5 Å². The lowest BCUT2D eigenvalue weighted by Crippen LogP contribution is -2.26. The summed E-state index contributed by atoms with van der Waals surface area (Å²) in [7, 11) is 3.50. The Morgan fingerprint density at radius 3 is 2.88 bits per heavy atom. The molecule has 0 N–H and O–H groups in total. The molecule has 0 atom stereocenters. The second-order valence-corrected chi connectivity index (χ2v) is 3.99. The van der Waals surface area contributed by atoms with E-state index >= 15 is 0 Å². The average molecular weight is 234 g/mol. The molecule has 0 fully saturated rings. The maximum Gasteiger partial charge on any atom is 0.257 e. The van der Waals surface area contributed by atoms with Gasteiger partial charge < -0.3 is 9.42 Å². The smallest absolute Gasteiger partial charge is 0.257 e. The van der Waals surface area contributed by atoms with Gasteiger partial charge in [0.15, 0.2) is 0 Å². The lowest BCUT2D eigenvalue weighted by atomic mass is 10.3. The molecule has 0 unspecified atom stereocenters. The Balaban J connectivity index is 2.05. The maximum atomic E-state index is 12.0. The minimum atomic E-state index is -0.0845. The van der Waals surface area contributed by atoms with Gasteiger partial charge in [0.2, 0.25) is 0 Å². The molecule has 2 heterocycles. The Kier molecular flexibility index (Phi) is 2.95. The zero-order chi connectivity index (χ0) is 12.4. The van der Waals surface area contributed by atoms with Gasteiger partial charge in [-0.1, -0.05) is 5.16 Å². The van der Waals surface area contributed by atoms with Crippen LogP contribution in [-0.2, 0) is 13.6 Å². The van der Waals surface area contributed by atoms with E-state index in [9.17, 15) is 4.79 Å². The predicted octanol–water partition coefficient (Wildman–Crippen LogP) is 0.989. The SMILES string of the molecule is Cc1cc(CN(C)C(=O)c2cnn(C)c2)no1. The molecule has 0 bridgehead atoms. The topological polar surface area (TPSA) is 64.2 Å². The van der Waals surface area contributed by atoms with Gasteiger partial charge in [0.1, 0.15) is 11.5 Å². The van der Waals surface area contributed by atoms with E-state index in [4.69, 9.17) is 4.52 Å². The quantitative estimate of drug-likeness (QED) is 0.794. The maximum absolute atomic E-state index is 12.0. The summed E-state index contributed by atoms with van der Waals surface area (Å²) < 4.78 is 6.55. The summed E-state index contributed by atoms with van der Waals surface area (Å²) in [5.41, 5.74) is 1.30. The average Bonchev–Trinajstić information content (AvgIpc) is 2.87. The molecule has 6 heteroatoms. The van der Waals surface area contributed by atoms with E-state index < -0.39 is 0 Å². The normalized spacial score (nSPS) is 10.5. The van der Waals surface area contributed by atoms with Crippen molar-refractivity contribution in [3.63, 3.8) is 0 Å². The van der Waals surface area contributed by atoms with Crippen LogP contribution in [0.1, 0.15) is 21.8 Å². The van der Waals surface area contributed by atoms with Crippen LogP contribution in [0.4, 0.5) is 0 Å². The fourth-order valence-corrected chi connectivity index (χ4v) is 1.56. The van der Waals surface area contributed by atoms with Crippen LogP contribution in [0.5, 0.6) is 0 Å². The number of carbonyl (C=O) groups excluding carboxylic acids is 1. The third kappa shape index (κ3) is 2.52. The van der Waals surface area contributed by atoms with Crippen molar-refractivity contribution in [1.82, 2.24) is 19.8 Å². The standard InChI is InChI=1S/C11H14N4O2/c1-8-4-10(13-17-8)7-14(2)11(16)9-5-12-15(3)6-9/h4-6H,7H2,1-3H3. The summed E-state index contributed by atoms with van der Waals surface area (Å²) in [4.78, 5) is 13.6. The zero-order valence-corrected chi connectivity index (χ0v) is 10.0. The van der Waals surface area contributed by atoms with Crippen LogP contribution in [0.3, 0.4) is 0 Å². The van der Waals surface area contributed by atoms with Gasteiger partial charge in [-0.25, -0.2) is 0 Å². The molecule has 0 radical (unpaired) electrons. The lowest BCUT2D eigenvalue weighted by molar-refractivity contribution is 0.0782. The van der Waals surface area contributed by atoms with Crippen molar-refractivity contribution in [2.24, 2.45) is 7.05 Å². The summed E-state index contributed by atoms with van der Waals surface area (Å²) in [6, 6.07) is 1.81. The number of rotatable bonds is 3. The first-order chi connectivity index (χ1) is 8.06. The van der Waals surface area contributed by atoms with Gasteiger partial charge in [-0.15, -0.1) is 0 Å². The molecule has 0 spiro atoms. The Bertz CT molecular complexity index is 529. The molecule has 2 aromatic rings. The van der Waals surface area contributed by atoms with Gasteiger partial charge in [0.25, 0.3) is 5.91 Å². The monoisotopic (exact) mass is 234 g/mol. The van der Waals surface area contributed by atoms with E-state index in [1.165, 1.54) is 0 Å². The van der Waals surface area contributed by atoms with Crippen LogP contribution < -0.4 is 0 Å². The first-order valence-corrected chi connectivity index (χ1v) is 5.22. The highest BCUT2D eigenvalue weighted by atomic mass is 16.5. The van der Waals surface area contributed by atoms with Crippen LogP contribution in [0.25, 0.3) is 0 Å². The van der Waals surface area contributed by atoms with Crippen LogP contribution in [-0.4, -0.2) is 32.8 Å². The van der Waals surface area contributed by atoms with Gasteiger partial charge in [-0.05, 0) is 6.92 Å². The van der Waals surface area contributed by atoms with Gasteiger partial charge in [0, 0.05) is 26.4 Å². The van der Waals surface area contributed by atoms with Crippen LogP contribution in [0, 0.1) is 6.92 Å². The minimum absolute atomic E-state index is 0.0845. The number of aryl methyl sites for hydroxylation is 2.